The molecule has 1 saturated heterocycles. The number of nitrogens with zero attached hydrogens (tertiary/aromatic N) is 2. The number of hydrogen-bond donors (Lipinski definition) is 2. The van der Waals surface area contributed by atoms with Gasteiger partial charge in [-0.15, -0.1) is 0 Å². The average Bonchev–Trinajstić information content (AvgIpc) is 2.71. The first kappa shape index (κ1) is 21.0. The number of benzene rings is 1. The third-order valence-corrected chi connectivity index (χ3v) is 4.82. The molecule has 0 bridgehead atoms. The molecule has 1 aliphatic heterocycles. The topological polar surface area (TPSA) is 75.2 Å². The number of ether oxygens (including phenoxy) is 2. The van der Waals surface area contributed by atoms with Crippen molar-refractivity contribution in [1.82, 2.24) is 15.5 Å². The van der Waals surface area contributed by atoms with Crippen molar-refractivity contribution in [3.63, 3.8) is 0 Å². The Morgan fingerprint density at radius 3 is 2.63 bits per heavy atom. The number of aliphatic imine (C=N–C) groups is 1. The Labute approximate surface area is 162 Å². The van der Waals surface area contributed by atoms with Gasteiger partial charge >= 0.3 is 5.97 Å². The van der Waals surface area contributed by atoms with E-state index >= 15 is 0 Å². The summed E-state index contributed by atoms with van der Waals surface area (Å²) in [4.78, 5) is 18.8. The molecule has 0 atom stereocenters. The second-order valence-corrected chi connectivity index (χ2v) is 6.71. The fourth-order valence-corrected chi connectivity index (χ4v) is 3.33. The SMILES string of the molecule is CCCN1CCC(NC(=NC)NCc2ccc(OC)c(C(=O)OC)c2)CC1. The summed E-state index contributed by atoms with van der Waals surface area (Å²) in [5.74, 6) is 0.876. The van der Waals surface area contributed by atoms with Crippen LogP contribution in [0.25, 0.3) is 0 Å². The third-order valence-electron chi connectivity index (χ3n) is 4.82. The van der Waals surface area contributed by atoms with Gasteiger partial charge in [0.25, 0.3) is 0 Å². The monoisotopic (exact) mass is 376 g/mol. The zero-order valence-electron chi connectivity index (χ0n) is 16.9. The summed E-state index contributed by atoms with van der Waals surface area (Å²) in [5, 5.41) is 6.83. The summed E-state index contributed by atoms with van der Waals surface area (Å²) >= 11 is 0. The van der Waals surface area contributed by atoms with E-state index in [0.717, 1.165) is 37.5 Å². The summed E-state index contributed by atoms with van der Waals surface area (Å²) in [6, 6.07) is 5.93. The molecule has 1 aromatic rings. The maximum Gasteiger partial charge on any atom is 0.341 e. The van der Waals surface area contributed by atoms with Gasteiger partial charge < -0.3 is 25.0 Å². The maximum absolute atomic E-state index is 11.9. The van der Waals surface area contributed by atoms with E-state index in [4.69, 9.17) is 9.47 Å². The first-order valence-electron chi connectivity index (χ1n) is 9.56. The molecule has 0 unspecified atom stereocenters. The van der Waals surface area contributed by atoms with Crippen LogP contribution in [0.15, 0.2) is 23.2 Å². The van der Waals surface area contributed by atoms with Crippen LogP contribution in [0.1, 0.15) is 42.1 Å². The largest absolute Gasteiger partial charge is 0.496 e. The molecule has 2 N–H and O–H groups in total. The average molecular weight is 377 g/mol. The molecule has 0 radical (unpaired) electrons. The van der Waals surface area contributed by atoms with E-state index in [1.165, 1.54) is 27.2 Å². The number of methoxy groups -OCH3 is 2. The van der Waals surface area contributed by atoms with Gasteiger partial charge in [-0.2, -0.15) is 0 Å². The fourth-order valence-electron chi connectivity index (χ4n) is 3.33. The summed E-state index contributed by atoms with van der Waals surface area (Å²) in [6.45, 7) is 6.22. The van der Waals surface area contributed by atoms with Gasteiger partial charge in [0.05, 0.1) is 14.2 Å². The summed E-state index contributed by atoms with van der Waals surface area (Å²) < 4.78 is 10.1. The first-order chi connectivity index (χ1) is 13.1. The lowest BCUT2D eigenvalue weighted by atomic mass is 10.1. The molecule has 2 rings (SSSR count). The normalized spacial score (nSPS) is 16.1. The van der Waals surface area contributed by atoms with Crippen LogP contribution < -0.4 is 15.4 Å². The van der Waals surface area contributed by atoms with Crippen molar-refractivity contribution in [2.45, 2.75) is 38.8 Å². The lowest BCUT2D eigenvalue weighted by molar-refractivity contribution is 0.0597. The highest BCUT2D eigenvalue weighted by Crippen LogP contribution is 2.20. The van der Waals surface area contributed by atoms with E-state index in [0.29, 0.717) is 23.9 Å². The van der Waals surface area contributed by atoms with Crippen molar-refractivity contribution in [2.75, 3.05) is 40.9 Å². The van der Waals surface area contributed by atoms with Gasteiger partial charge in [0.15, 0.2) is 5.96 Å². The minimum absolute atomic E-state index is 0.407. The molecule has 1 fully saturated rings. The van der Waals surface area contributed by atoms with Gasteiger partial charge in [0, 0.05) is 32.7 Å². The summed E-state index contributed by atoms with van der Waals surface area (Å²) in [5.41, 5.74) is 1.38. The van der Waals surface area contributed by atoms with Gasteiger partial charge in [-0.1, -0.05) is 13.0 Å². The third kappa shape index (κ3) is 6.13. The molecule has 0 aliphatic carbocycles. The maximum atomic E-state index is 11.9. The van der Waals surface area contributed by atoms with E-state index in [1.807, 2.05) is 6.07 Å². The highest BCUT2D eigenvalue weighted by atomic mass is 16.5. The predicted octanol–water partition coefficient (Wildman–Crippen LogP) is 2.02. The van der Waals surface area contributed by atoms with Crippen LogP contribution in [-0.2, 0) is 11.3 Å². The van der Waals surface area contributed by atoms with E-state index in [1.54, 1.807) is 19.2 Å². The molecule has 1 heterocycles. The highest BCUT2D eigenvalue weighted by Gasteiger charge is 2.19. The van der Waals surface area contributed by atoms with Crippen molar-refractivity contribution in [1.29, 1.82) is 0 Å². The van der Waals surface area contributed by atoms with Crippen LogP contribution in [0, 0.1) is 0 Å². The number of hydrogen-bond acceptors (Lipinski definition) is 5. The minimum Gasteiger partial charge on any atom is -0.496 e. The number of rotatable bonds is 7. The van der Waals surface area contributed by atoms with Gasteiger partial charge in [0.2, 0.25) is 0 Å². The molecule has 0 amide bonds. The Morgan fingerprint density at radius 1 is 1.30 bits per heavy atom. The fraction of sp³-hybridized carbons (Fsp3) is 0.600. The van der Waals surface area contributed by atoms with Crippen molar-refractivity contribution in [3.8, 4) is 5.75 Å². The molecule has 0 spiro atoms. The van der Waals surface area contributed by atoms with E-state index in [2.05, 4.69) is 27.4 Å². The van der Waals surface area contributed by atoms with Crippen molar-refractivity contribution in [3.05, 3.63) is 29.3 Å². The van der Waals surface area contributed by atoms with E-state index in [-0.39, 0.29) is 0 Å². The number of nitrogens with one attached hydrogen (secondary N) is 2. The molecular weight excluding hydrogens is 344 g/mol. The van der Waals surface area contributed by atoms with Crippen LogP contribution in [0.2, 0.25) is 0 Å². The molecule has 150 valence electrons. The minimum atomic E-state index is -0.407. The molecule has 27 heavy (non-hydrogen) atoms. The van der Waals surface area contributed by atoms with Crippen LogP contribution in [0.3, 0.4) is 0 Å². The van der Waals surface area contributed by atoms with E-state index < -0.39 is 5.97 Å². The molecule has 1 aromatic carbocycles. The van der Waals surface area contributed by atoms with Gasteiger partial charge in [-0.25, -0.2) is 4.79 Å². The summed E-state index contributed by atoms with van der Waals surface area (Å²) in [6.07, 6.45) is 3.45. The Hall–Kier alpha value is -2.28. The second kappa shape index (κ2) is 10.8. The Bertz CT molecular complexity index is 640. The van der Waals surface area contributed by atoms with Crippen molar-refractivity contribution in [2.24, 2.45) is 4.99 Å². The number of piperidine rings is 1. The molecule has 7 heteroatoms. The molecule has 7 nitrogen and oxygen atoms in total. The van der Waals surface area contributed by atoms with E-state index in [9.17, 15) is 4.79 Å². The van der Waals surface area contributed by atoms with Gasteiger partial charge in [-0.05, 0) is 43.5 Å². The summed E-state index contributed by atoms with van der Waals surface area (Å²) in [7, 11) is 4.68. The van der Waals surface area contributed by atoms with Crippen LogP contribution in [0.5, 0.6) is 5.75 Å². The van der Waals surface area contributed by atoms with Gasteiger partial charge in [-0.3, -0.25) is 4.99 Å². The lowest BCUT2D eigenvalue weighted by Crippen LogP contribution is -2.48. The number of carbonyl (C=O) groups is 1. The molecule has 0 aromatic heterocycles. The molecule has 0 saturated carbocycles. The van der Waals surface area contributed by atoms with Gasteiger partial charge in [0.1, 0.15) is 11.3 Å². The Morgan fingerprint density at radius 2 is 2.04 bits per heavy atom. The van der Waals surface area contributed by atoms with Crippen molar-refractivity contribution >= 4 is 11.9 Å². The lowest BCUT2D eigenvalue weighted by Gasteiger charge is -2.32. The smallest absolute Gasteiger partial charge is 0.341 e. The van der Waals surface area contributed by atoms with Crippen LogP contribution in [0.4, 0.5) is 0 Å². The number of carbonyl (C=O) groups excluding carboxylic acids is 1. The zero-order chi connectivity index (χ0) is 19.6. The second-order valence-electron chi connectivity index (χ2n) is 6.71. The number of likely N-dealkylation sites (tertiary alicyclic amines) is 1. The van der Waals surface area contributed by atoms with Crippen molar-refractivity contribution < 1.29 is 14.3 Å². The first-order valence-corrected chi connectivity index (χ1v) is 9.56. The highest BCUT2D eigenvalue weighted by molar-refractivity contribution is 5.92. The van der Waals surface area contributed by atoms with Crippen LogP contribution >= 0.6 is 0 Å². The van der Waals surface area contributed by atoms with Crippen LogP contribution in [-0.4, -0.2) is 63.8 Å². The number of guanidine groups is 1. The molecule has 1 aliphatic rings. The molecular formula is C20H32N4O3. The quantitative estimate of drug-likeness (QED) is 0.431. The Kier molecular flexibility index (Phi) is 8.39. The standard InChI is InChI=1S/C20H32N4O3/c1-5-10-24-11-8-16(9-12-24)23-20(21-2)22-14-15-6-7-18(26-3)17(13-15)19(25)27-4/h6-7,13,16H,5,8-12,14H2,1-4H3,(H2,21,22,23). The predicted molar refractivity (Wildman–Crippen MR) is 107 cm³/mol. The number of esters is 1. The zero-order valence-corrected chi connectivity index (χ0v) is 16.9. The Balaban J connectivity index is 1.90.